The first-order chi connectivity index (χ1) is 13.6. The van der Waals surface area contributed by atoms with E-state index in [-0.39, 0.29) is 51.8 Å². The molecule has 1 aromatic carbocycles. The Morgan fingerprint density at radius 3 is 2.45 bits per heavy atom. The molecule has 2 rings (SSSR count). The summed E-state index contributed by atoms with van der Waals surface area (Å²) in [6, 6.07) is 5.55. The lowest BCUT2D eigenvalue weighted by atomic mass is 9.83. The number of allylic oxidation sites excluding steroid dienone is 3. The number of carbonyl (C=O) groups excluding carboxylic acids is 1. The highest BCUT2D eigenvalue weighted by molar-refractivity contribution is 5.97. The number of nitrogens with one attached hydrogen (secondary N) is 2. The molecule has 0 bridgehead atoms. The van der Waals surface area contributed by atoms with Crippen LogP contribution in [0.3, 0.4) is 0 Å². The van der Waals surface area contributed by atoms with E-state index in [9.17, 15) is 25.6 Å². The zero-order valence-electron chi connectivity index (χ0n) is 15.5. The average Bonchev–Trinajstić information content (AvgIpc) is 2.64. The minimum Gasteiger partial charge on any atom is -0.738 e. The van der Waals surface area contributed by atoms with Crippen molar-refractivity contribution in [1.29, 1.82) is 0 Å². The van der Waals surface area contributed by atoms with Crippen molar-refractivity contribution >= 4 is 11.6 Å². The molecule has 1 amide bonds. The maximum atomic E-state index is 12.8. The SMILES string of the molecule is CC1=C(C(=O)NCCON([O-])O)[C@H](c2cccc(N([O-])O)c2)C(N([O-])O)=C(C)N1. The number of anilines is 1. The monoisotopic (exact) mass is 410 g/mol. The Morgan fingerprint density at radius 1 is 1.17 bits per heavy atom. The van der Waals surface area contributed by atoms with Crippen LogP contribution in [0.4, 0.5) is 5.69 Å². The molecule has 1 heterocycles. The molecule has 1 aromatic rings. The molecule has 0 saturated carbocycles. The number of hydrogen-bond donors (Lipinski definition) is 5. The molecule has 13 heteroatoms. The van der Waals surface area contributed by atoms with E-state index in [1.54, 1.807) is 6.92 Å². The van der Waals surface area contributed by atoms with Gasteiger partial charge in [0.1, 0.15) is 0 Å². The van der Waals surface area contributed by atoms with Crippen LogP contribution in [-0.4, -0.2) is 45.3 Å². The van der Waals surface area contributed by atoms with Gasteiger partial charge >= 0.3 is 0 Å². The maximum absolute atomic E-state index is 12.8. The fraction of sp³-hybridized carbons (Fsp3) is 0.312. The first kappa shape index (κ1) is 22.5. The molecule has 160 valence electrons. The standard InChI is InChI=1S/C16H20N5O8/c1-9-13(16(22)17-6-7-29-21(27)28)14(15(20(25)26)10(2)18-9)11-4-3-5-12(8-11)19(23)24/h3-5,8,14,18,23,25,27H,6-7H2,1-2H3,(H,17,22)/q-3/t14-/m0/s1. The average molecular weight is 410 g/mol. The summed E-state index contributed by atoms with van der Waals surface area (Å²) < 4.78 is 0. The van der Waals surface area contributed by atoms with Crippen LogP contribution in [0.5, 0.6) is 0 Å². The molecule has 1 aliphatic rings. The largest absolute Gasteiger partial charge is 0.738 e. The van der Waals surface area contributed by atoms with Crippen molar-refractivity contribution < 1.29 is 25.3 Å². The van der Waals surface area contributed by atoms with E-state index >= 15 is 0 Å². The first-order valence-corrected chi connectivity index (χ1v) is 8.31. The second kappa shape index (κ2) is 9.64. The van der Waals surface area contributed by atoms with Crippen LogP contribution in [0.1, 0.15) is 25.3 Å². The molecule has 5 N–H and O–H groups in total. The fourth-order valence-corrected chi connectivity index (χ4v) is 3.07. The van der Waals surface area contributed by atoms with E-state index in [1.807, 2.05) is 0 Å². The van der Waals surface area contributed by atoms with Gasteiger partial charge in [-0.15, -0.1) is 5.39 Å². The molecule has 1 aliphatic heterocycles. The fourth-order valence-electron chi connectivity index (χ4n) is 3.07. The maximum Gasteiger partial charge on any atom is 0.250 e. The highest BCUT2D eigenvalue weighted by Crippen LogP contribution is 2.39. The number of hydroxylamine groups is 2. The van der Waals surface area contributed by atoms with Gasteiger partial charge in [0.25, 0.3) is 0 Å². The lowest BCUT2D eigenvalue weighted by Gasteiger charge is -2.38. The predicted molar refractivity (Wildman–Crippen MR) is 98.3 cm³/mol. The zero-order chi connectivity index (χ0) is 21.7. The van der Waals surface area contributed by atoms with Crippen molar-refractivity contribution in [3.8, 4) is 0 Å². The van der Waals surface area contributed by atoms with Crippen molar-refractivity contribution in [1.82, 2.24) is 21.2 Å². The number of amides is 1. The Hall–Kier alpha value is -2.75. The normalized spacial score (nSPS) is 16.8. The third-order valence-corrected chi connectivity index (χ3v) is 4.19. The van der Waals surface area contributed by atoms with Gasteiger partial charge in [-0.1, -0.05) is 12.1 Å². The molecule has 0 aromatic heterocycles. The summed E-state index contributed by atoms with van der Waals surface area (Å²) in [6.45, 7) is 2.63. The van der Waals surface area contributed by atoms with Gasteiger partial charge in [0, 0.05) is 23.5 Å². The third-order valence-electron chi connectivity index (χ3n) is 4.19. The van der Waals surface area contributed by atoms with E-state index in [1.165, 1.54) is 31.2 Å². The summed E-state index contributed by atoms with van der Waals surface area (Å²) in [5.41, 5.74) is 0.655. The number of rotatable bonds is 8. The van der Waals surface area contributed by atoms with Gasteiger partial charge in [0.15, 0.2) is 0 Å². The van der Waals surface area contributed by atoms with Gasteiger partial charge in [-0.05, 0) is 31.5 Å². The smallest absolute Gasteiger partial charge is 0.250 e. The summed E-state index contributed by atoms with van der Waals surface area (Å²) >= 11 is 0. The van der Waals surface area contributed by atoms with Crippen LogP contribution in [0.15, 0.2) is 46.9 Å². The van der Waals surface area contributed by atoms with Gasteiger partial charge in [0.05, 0.1) is 23.9 Å². The molecule has 0 fully saturated rings. The number of benzene rings is 1. The Morgan fingerprint density at radius 2 is 1.86 bits per heavy atom. The summed E-state index contributed by atoms with van der Waals surface area (Å²) in [6.07, 6.45) is 0. The molecule has 0 radical (unpaired) electrons. The van der Waals surface area contributed by atoms with Crippen LogP contribution >= 0.6 is 0 Å². The van der Waals surface area contributed by atoms with Crippen LogP contribution in [0.25, 0.3) is 0 Å². The van der Waals surface area contributed by atoms with Crippen molar-refractivity contribution in [3.05, 3.63) is 68.1 Å². The molecule has 0 spiro atoms. The topological polar surface area (TPSA) is 190 Å². The molecule has 13 nitrogen and oxygen atoms in total. The minimum atomic E-state index is -1.08. The zero-order valence-corrected chi connectivity index (χ0v) is 15.5. The summed E-state index contributed by atoms with van der Waals surface area (Å²) in [7, 11) is 0. The molecule has 0 aliphatic carbocycles. The number of hydrogen-bond acceptors (Lipinski definition) is 12. The van der Waals surface area contributed by atoms with Crippen LogP contribution in [-0.2, 0) is 9.63 Å². The minimum absolute atomic E-state index is 0.0519. The molecular weight excluding hydrogens is 390 g/mol. The van der Waals surface area contributed by atoms with Gasteiger partial charge in [-0.25, -0.2) is 0 Å². The van der Waals surface area contributed by atoms with Crippen LogP contribution in [0, 0.1) is 15.6 Å². The lowest BCUT2D eigenvalue weighted by Crippen LogP contribution is -2.38. The summed E-state index contributed by atoms with van der Waals surface area (Å²) in [4.78, 5) is 17.0. The number of carbonyl (C=O) groups is 1. The molecule has 1 atom stereocenters. The number of dihydropyridines is 1. The van der Waals surface area contributed by atoms with Crippen LogP contribution in [0.2, 0.25) is 0 Å². The quantitative estimate of drug-likeness (QED) is 0.302. The van der Waals surface area contributed by atoms with E-state index < -0.39 is 17.2 Å². The van der Waals surface area contributed by atoms with E-state index in [4.69, 9.17) is 10.4 Å². The molecule has 29 heavy (non-hydrogen) atoms. The van der Waals surface area contributed by atoms with Crippen molar-refractivity contribution in [2.75, 3.05) is 18.4 Å². The molecular formula is C16H20N5O8-3. The highest BCUT2D eigenvalue weighted by Gasteiger charge is 2.34. The van der Waals surface area contributed by atoms with Gasteiger partial charge in [-0.2, -0.15) is 0 Å². The Kier molecular flexibility index (Phi) is 7.49. The van der Waals surface area contributed by atoms with Crippen molar-refractivity contribution in [2.45, 2.75) is 19.8 Å². The molecule has 0 saturated heterocycles. The Labute approximate surface area is 165 Å². The Balaban J connectivity index is 2.42. The Bertz CT molecular complexity index is 808. The van der Waals surface area contributed by atoms with Gasteiger partial charge in [0.2, 0.25) is 5.91 Å². The van der Waals surface area contributed by atoms with E-state index in [0.717, 1.165) is 0 Å². The van der Waals surface area contributed by atoms with Crippen molar-refractivity contribution in [3.63, 3.8) is 0 Å². The number of nitrogens with zero attached hydrogens (tertiary/aromatic N) is 3. The van der Waals surface area contributed by atoms with Crippen LogP contribution < -0.4 is 15.9 Å². The second-order valence-corrected chi connectivity index (χ2v) is 6.07. The second-order valence-electron chi connectivity index (χ2n) is 6.07. The molecule has 0 unspecified atom stereocenters. The summed E-state index contributed by atoms with van der Waals surface area (Å²) in [5.74, 6) is -1.73. The predicted octanol–water partition coefficient (Wildman–Crippen LogP) is 0.998. The highest BCUT2D eigenvalue weighted by atomic mass is 17.1. The third kappa shape index (κ3) is 5.41. The first-order valence-electron chi connectivity index (χ1n) is 8.31. The van der Waals surface area contributed by atoms with Crippen molar-refractivity contribution in [2.24, 2.45) is 0 Å². The van der Waals surface area contributed by atoms with Gasteiger partial charge < -0.3 is 41.9 Å². The lowest BCUT2D eigenvalue weighted by molar-refractivity contribution is -0.304. The van der Waals surface area contributed by atoms with E-state index in [0.29, 0.717) is 5.70 Å². The van der Waals surface area contributed by atoms with Gasteiger partial charge in [-0.3, -0.25) is 20.0 Å². The summed E-state index contributed by atoms with van der Waals surface area (Å²) in [5, 5.41) is 64.4. The van der Waals surface area contributed by atoms with E-state index in [2.05, 4.69) is 15.5 Å².